The van der Waals surface area contributed by atoms with Crippen molar-refractivity contribution in [2.75, 3.05) is 33.2 Å². The number of likely N-dealkylation sites (N-methyl/N-ethyl adjacent to an activating group) is 1. The second-order valence-corrected chi connectivity index (χ2v) is 6.84. The van der Waals surface area contributed by atoms with E-state index in [-0.39, 0.29) is 11.3 Å². The van der Waals surface area contributed by atoms with Crippen LogP contribution in [-0.4, -0.2) is 50.1 Å². The first kappa shape index (κ1) is 14.8. The first-order valence-electron chi connectivity index (χ1n) is 7.70. The Bertz CT molecular complexity index is 311. The summed E-state index contributed by atoms with van der Waals surface area (Å²) in [6.07, 6.45) is 4.66. The summed E-state index contributed by atoms with van der Waals surface area (Å²) in [6, 6.07) is 0.335. The van der Waals surface area contributed by atoms with E-state index in [4.69, 9.17) is 0 Å². The summed E-state index contributed by atoms with van der Waals surface area (Å²) < 4.78 is 0. The van der Waals surface area contributed by atoms with Gasteiger partial charge in [0.15, 0.2) is 0 Å². The zero-order valence-corrected chi connectivity index (χ0v) is 12.7. The second-order valence-electron chi connectivity index (χ2n) is 6.84. The minimum Gasteiger partial charge on any atom is -0.352 e. The lowest BCUT2D eigenvalue weighted by atomic mass is 9.74. The van der Waals surface area contributed by atoms with E-state index in [0.717, 1.165) is 39.0 Å². The average Bonchev–Trinajstić information content (AvgIpc) is 2.39. The van der Waals surface area contributed by atoms with E-state index in [2.05, 4.69) is 36.4 Å². The van der Waals surface area contributed by atoms with Crippen LogP contribution < -0.4 is 10.6 Å². The molecule has 2 aliphatic heterocycles. The van der Waals surface area contributed by atoms with Gasteiger partial charge in [0.05, 0.1) is 0 Å². The lowest BCUT2D eigenvalue weighted by molar-refractivity contribution is -0.133. The Morgan fingerprint density at radius 2 is 2.11 bits per heavy atom. The van der Waals surface area contributed by atoms with Gasteiger partial charge in [-0.1, -0.05) is 13.8 Å². The second kappa shape index (κ2) is 6.23. The Kier molecular flexibility index (Phi) is 4.85. The van der Waals surface area contributed by atoms with Gasteiger partial charge in [0, 0.05) is 18.0 Å². The quantitative estimate of drug-likeness (QED) is 0.808. The maximum Gasteiger partial charge on any atom is 0.226 e. The number of piperidine rings is 2. The largest absolute Gasteiger partial charge is 0.352 e. The van der Waals surface area contributed by atoms with Gasteiger partial charge in [0.1, 0.15) is 0 Å². The fraction of sp³-hybridized carbons (Fsp3) is 0.933. The molecule has 2 heterocycles. The van der Waals surface area contributed by atoms with E-state index in [9.17, 15) is 4.79 Å². The standard InChI is InChI=1S/C15H29N3O/c1-15(2,12-6-4-8-16-10-12)14(19)17-13-7-5-9-18(3)11-13/h12-13,16H,4-11H2,1-3H3,(H,17,19). The molecule has 2 unspecified atom stereocenters. The van der Waals surface area contributed by atoms with Gasteiger partial charge in [0.2, 0.25) is 5.91 Å². The summed E-state index contributed by atoms with van der Waals surface area (Å²) in [5, 5.41) is 6.70. The molecule has 0 aromatic rings. The number of hydrogen-bond acceptors (Lipinski definition) is 3. The minimum atomic E-state index is -0.260. The third-order valence-corrected chi connectivity index (χ3v) is 4.86. The third kappa shape index (κ3) is 3.69. The number of likely N-dealkylation sites (tertiary alicyclic amines) is 1. The van der Waals surface area contributed by atoms with Crippen molar-refractivity contribution in [2.45, 2.75) is 45.6 Å². The highest BCUT2D eigenvalue weighted by molar-refractivity contribution is 5.82. The van der Waals surface area contributed by atoms with Crippen molar-refractivity contribution in [1.82, 2.24) is 15.5 Å². The molecule has 19 heavy (non-hydrogen) atoms. The summed E-state index contributed by atoms with van der Waals surface area (Å²) in [7, 11) is 2.13. The van der Waals surface area contributed by atoms with Gasteiger partial charge in [-0.3, -0.25) is 4.79 Å². The molecule has 2 aliphatic rings. The van der Waals surface area contributed by atoms with Crippen molar-refractivity contribution in [2.24, 2.45) is 11.3 Å². The molecule has 110 valence electrons. The van der Waals surface area contributed by atoms with Gasteiger partial charge in [-0.15, -0.1) is 0 Å². The van der Waals surface area contributed by atoms with Crippen LogP contribution in [-0.2, 0) is 4.79 Å². The molecule has 2 rings (SSSR count). The molecule has 0 aromatic carbocycles. The van der Waals surface area contributed by atoms with Crippen LogP contribution in [0.25, 0.3) is 0 Å². The van der Waals surface area contributed by atoms with Gasteiger partial charge in [-0.2, -0.15) is 0 Å². The summed E-state index contributed by atoms with van der Waals surface area (Å²) in [6.45, 7) is 8.43. The predicted molar refractivity (Wildman–Crippen MR) is 78.0 cm³/mol. The molecule has 2 atom stereocenters. The van der Waals surface area contributed by atoms with E-state index in [1.54, 1.807) is 0 Å². The number of nitrogens with zero attached hydrogens (tertiary/aromatic N) is 1. The van der Waals surface area contributed by atoms with Crippen molar-refractivity contribution in [3.05, 3.63) is 0 Å². The zero-order chi connectivity index (χ0) is 13.9. The highest BCUT2D eigenvalue weighted by atomic mass is 16.2. The molecule has 2 saturated heterocycles. The molecular formula is C15H29N3O. The monoisotopic (exact) mass is 267 g/mol. The molecule has 4 heteroatoms. The van der Waals surface area contributed by atoms with Crippen molar-refractivity contribution in [3.63, 3.8) is 0 Å². The number of amides is 1. The van der Waals surface area contributed by atoms with Crippen LogP contribution >= 0.6 is 0 Å². The lowest BCUT2D eigenvalue weighted by Crippen LogP contribution is -2.53. The van der Waals surface area contributed by atoms with Gasteiger partial charge in [0.25, 0.3) is 0 Å². The molecule has 2 fully saturated rings. The van der Waals surface area contributed by atoms with Crippen molar-refractivity contribution >= 4 is 5.91 Å². The first-order chi connectivity index (χ1) is 9.00. The van der Waals surface area contributed by atoms with Crippen LogP contribution in [0.15, 0.2) is 0 Å². The number of nitrogens with one attached hydrogen (secondary N) is 2. The lowest BCUT2D eigenvalue weighted by Gasteiger charge is -2.38. The normalized spacial score (nSPS) is 30.1. The molecule has 0 saturated carbocycles. The smallest absolute Gasteiger partial charge is 0.226 e. The molecule has 0 radical (unpaired) electrons. The van der Waals surface area contributed by atoms with Gasteiger partial charge >= 0.3 is 0 Å². The summed E-state index contributed by atoms with van der Waals surface area (Å²) in [4.78, 5) is 14.9. The Morgan fingerprint density at radius 1 is 1.32 bits per heavy atom. The molecular weight excluding hydrogens is 238 g/mol. The Morgan fingerprint density at radius 3 is 2.74 bits per heavy atom. The predicted octanol–water partition coefficient (Wildman–Crippen LogP) is 1.22. The summed E-state index contributed by atoms with van der Waals surface area (Å²) in [5.41, 5.74) is -0.260. The molecule has 0 bridgehead atoms. The van der Waals surface area contributed by atoms with Crippen molar-refractivity contribution in [3.8, 4) is 0 Å². The number of rotatable bonds is 3. The summed E-state index contributed by atoms with van der Waals surface area (Å²) >= 11 is 0. The van der Waals surface area contributed by atoms with E-state index in [0.29, 0.717) is 12.0 Å². The van der Waals surface area contributed by atoms with E-state index < -0.39 is 0 Å². The van der Waals surface area contributed by atoms with E-state index in [1.165, 1.54) is 12.8 Å². The number of carbonyl (C=O) groups excluding carboxylic acids is 1. The van der Waals surface area contributed by atoms with Gasteiger partial charge in [-0.05, 0) is 58.3 Å². The molecule has 4 nitrogen and oxygen atoms in total. The van der Waals surface area contributed by atoms with E-state index in [1.807, 2.05) is 0 Å². The zero-order valence-electron chi connectivity index (χ0n) is 12.7. The Hall–Kier alpha value is -0.610. The highest BCUT2D eigenvalue weighted by Crippen LogP contribution is 2.32. The molecule has 0 aromatic heterocycles. The van der Waals surface area contributed by atoms with E-state index >= 15 is 0 Å². The Labute approximate surface area is 117 Å². The van der Waals surface area contributed by atoms with Crippen LogP contribution in [0, 0.1) is 11.3 Å². The maximum atomic E-state index is 12.6. The third-order valence-electron chi connectivity index (χ3n) is 4.86. The van der Waals surface area contributed by atoms with Crippen LogP contribution in [0.1, 0.15) is 39.5 Å². The van der Waals surface area contributed by atoms with Gasteiger partial charge < -0.3 is 15.5 Å². The van der Waals surface area contributed by atoms with Gasteiger partial charge in [-0.25, -0.2) is 0 Å². The fourth-order valence-electron chi connectivity index (χ4n) is 3.31. The summed E-state index contributed by atoms with van der Waals surface area (Å²) in [5.74, 6) is 0.698. The van der Waals surface area contributed by atoms with Crippen LogP contribution in [0.4, 0.5) is 0 Å². The van der Waals surface area contributed by atoms with Crippen LogP contribution in [0.5, 0.6) is 0 Å². The fourth-order valence-corrected chi connectivity index (χ4v) is 3.31. The molecule has 1 amide bonds. The Balaban J connectivity index is 1.89. The van der Waals surface area contributed by atoms with Crippen LogP contribution in [0.2, 0.25) is 0 Å². The van der Waals surface area contributed by atoms with Crippen LogP contribution in [0.3, 0.4) is 0 Å². The number of hydrogen-bond donors (Lipinski definition) is 2. The number of carbonyl (C=O) groups is 1. The molecule has 2 N–H and O–H groups in total. The average molecular weight is 267 g/mol. The first-order valence-corrected chi connectivity index (χ1v) is 7.70. The topological polar surface area (TPSA) is 44.4 Å². The maximum absolute atomic E-state index is 12.6. The van der Waals surface area contributed by atoms with Crippen molar-refractivity contribution < 1.29 is 4.79 Å². The minimum absolute atomic E-state index is 0.238. The molecule has 0 aliphatic carbocycles. The molecule has 0 spiro atoms. The SMILES string of the molecule is CN1CCCC(NC(=O)C(C)(C)C2CCCNC2)C1. The highest BCUT2D eigenvalue weighted by Gasteiger charge is 2.38. The van der Waals surface area contributed by atoms with Crippen molar-refractivity contribution in [1.29, 1.82) is 0 Å².